The molecule has 8 atom stereocenters. The van der Waals surface area contributed by atoms with Crippen LogP contribution in [-0.2, 0) is 17.5 Å². The molecule has 4 aliphatic rings. The number of halogens is 3. The summed E-state index contributed by atoms with van der Waals surface area (Å²) in [7, 11) is 0. The van der Waals surface area contributed by atoms with E-state index in [4.69, 9.17) is 0 Å². The minimum Gasteiger partial charge on any atom is -0.297 e. The second-order valence-electron chi connectivity index (χ2n) is 12.1. The van der Waals surface area contributed by atoms with Crippen molar-refractivity contribution >= 4 is 5.78 Å². The summed E-state index contributed by atoms with van der Waals surface area (Å²) in [5, 5.41) is 3.82. The Balaban J connectivity index is 1.32. The van der Waals surface area contributed by atoms with Gasteiger partial charge in [0.05, 0.1) is 18.3 Å². The molecule has 32 heavy (non-hydrogen) atoms. The van der Waals surface area contributed by atoms with Crippen molar-refractivity contribution in [2.24, 2.45) is 46.3 Å². The van der Waals surface area contributed by atoms with Crippen molar-refractivity contribution in [1.82, 2.24) is 9.78 Å². The minimum atomic E-state index is -4.42. The molecular formula is C26H37F3N2O. The van der Waals surface area contributed by atoms with E-state index in [1.54, 1.807) is 0 Å². The Morgan fingerprint density at radius 2 is 1.78 bits per heavy atom. The van der Waals surface area contributed by atoms with Gasteiger partial charge >= 0.3 is 6.18 Å². The average molecular weight is 451 g/mol. The van der Waals surface area contributed by atoms with Gasteiger partial charge in [-0.1, -0.05) is 27.2 Å². The Morgan fingerprint density at radius 3 is 2.50 bits per heavy atom. The van der Waals surface area contributed by atoms with Crippen LogP contribution in [0.5, 0.6) is 0 Å². The molecule has 4 saturated carbocycles. The molecule has 0 aliphatic heterocycles. The molecule has 0 amide bonds. The highest BCUT2D eigenvalue weighted by Gasteiger charge is 2.60. The van der Waals surface area contributed by atoms with Crippen LogP contribution in [0.25, 0.3) is 0 Å². The van der Waals surface area contributed by atoms with Crippen LogP contribution in [0.2, 0.25) is 0 Å². The van der Waals surface area contributed by atoms with Crippen molar-refractivity contribution < 1.29 is 18.0 Å². The van der Waals surface area contributed by atoms with Crippen LogP contribution in [0.1, 0.15) is 84.1 Å². The number of Topliss-reactive ketones (excluding diaryl/α,β-unsaturated/α-hetero) is 1. The molecule has 5 rings (SSSR count). The zero-order valence-electron chi connectivity index (χ0n) is 19.6. The van der Waals surface area contributed by atoms with Crippen molar-refractivity contribution in [1.29, 1.82) is 0 Å². The molecule has 4 fully saturated rings. The number of ketones is 1. The molecule has 1 aromatic rings. The lowest BCUT2D eigenvalue weighted by Crippen LogP contribution is -2.53. The lowest BCUT2D eigenvalue weighted by molar-refractivity contribution is -0.139. The van der Waals surface area contributed by atoms with Crippen LogP contribution in [-0.4, -0.2) is 15.6 Å². The lowest BCUT2D eigenvalue weighted by Gasteiger charge is -2.61. The van der Waals surface area contributed by atoms with E-state index in [2.05, 4.69) is 25.9 Å². The van der Waals surface area contributed by atoms with Gasteiger partial charge in [0.15, 0.2) is 5.78 Å². The van der Waals surface area contributed by atoms with Gasteiger partial charge in [0.25, 0.3) is 0 Å². The first-order valence-electron chi connectivity index (χ1n) is 12.6. The monoisotopic (exact) mass is 450 g/mol. The average Bonchev–Trinajstić information content (AvgIpc) is 3.32. The number of nitrogens with zero attached hydrogens (tertiary/aromatic N) is 2. The van der Waals surface area contributed by atoms with E-state index >= 15 is 0 Å². The fourth-order valence-electron chi connectivity index (χ4n) is 8.87. The first-order chi connectivity index (χ1) is 15.0. The molecule has 0 N–H and O–H groups in total. The standard InChI is InChI=1S/C26H37F3N2O/c1-16-8-10-24(2)17(12-16)4-5-19-20-6-7-22(25(20,3)11-9-21(19)24)23(32)15-31-14-18(13-30-31)26(27,28)29/h13-14,16-17,19-22H,4-12,15H2,1-3H3/t16?,17?,19?,20?,21?,22?,24-,25-/m0/s1. The number of hydrogen-bond donors (Lipinski definition) is 0. The van der Waals surface area contributed by atoms with Crippen LogP contribution in [0.15, 0.2) is 12.4 Å². The van der Waals surface area contributed by atoms with Gasteiger partial charge in [-0.2, -0.15) is 18.3 Å². The number of aromatic nitrogens is 2. The van der Waals surface area contributed by atoms with Crippen molar-refractivity contribution in [3.63, 3.8) is 0 Å². The second kappa shape index (κ2) is 7.59. The van der Waals surface area contributed by atoms with Crippen LogP contribution >= 0.6 is 0 Å². The first kappa shape index (κ1) is 22.5. The summed E-state index contributed by atoms with van der Waals surface area (Å²) in [4.78, 5) is 13.3. The summed E-state index contributed by atoms with van der Waals surface area (Å²) in [6, 6.07) is 0. The maximum atomic E-state index is 13.3. The Bertz CT molecular complexity index is 879. The van der Waals surface area contributed by atoms with Gasteiger partial charge in [-0.15, -0.1) is 0 Å². The molecule has 6 heteroatoms. The van der Waals surface area contributed by atoms with Gasteiger partial charge in [-0.25, -0.2) is 0 Å². The van der Waals surface area contributed by atoms with E-state index in [0.29, 0.717) is 17.3 Å². The number of fused-ring (bicyclic) bond motifs is 5. The summed E-state index contributed by atoms with van der Waals surface area (Å²) in [6.45, 7) is 7.24. The van der Waals surface area contributed by atoms with Crippen molar-refractivity contribution in [2.75, 3.05) is 0 Å². The first-order valence-corrected chi connectivity index (χ1v) is 12.6. The molecule has 6 unspecified atom stereocenters. The van der Waals surface area contributed by atoms with Gasteiger partial charge in [0, 0.05) is 12.1 Å². The van der Waals surface area contributed by atoms with E-state index in [-0.39, 0.29) is 23.7 Å². The number of carbonyl (C=O) groups is 1. The quantitative estimate of drug-likeness (QED) is 0.510. The third kappa shape index (κ3) is 3.46. The van der Waals surface area contributed by atoms with Crippen molar-refractivity contribution in [2.45, 2.75) is 91.3 Å². The van der Waals surface area contributed by atoms with E-state index in [9.17, 15) is 18.0 Å². The Labute approximate surface area is 189 Å². The van der Waals surface area contributed by atoms with Crippen LogP contribution < -0.4 is 0 Å². The van der Waals surface area contributed by atoms with Crippen molar-refractivity contribution in [3.8, 4) is 0 Å². The minimum absolute atomic E-state index is 0.0105. The molecule has 3 nitrogen and oxygen atoms in total. The van der Waals surface area contributed by atoms with E-state index in [0.717, 1.165) is 49.4 Å². The van der Waals surface area contributed by atoms with Gasteiger partial charge in [0.2, 0.25) is 0 Å². The molecule has 178 valence electrons. The zero-order chi connectivity index (χ0) is 22.9. The van der Waals surface area contributed by atoms with E-state index < -0.39 is 11.7 Å². The Kier molecular flexibility index (Phi) is 5.33. The summed E-state index contributed by atoms with van der Waals surface area (Å²) in [6.07, 6.45) is 8.36. The summed E-state index contributed by atoms with van der Waals surface area (Å²) < 4.78 is 39.9. The highest BCUT2D eigenvalue weighted by atomic mass is 19.4. The number of carbonyl (C=O) groups excluding carboxylic acids is 1. The SMILES string of the molecule is CC1CC[C@@]2(C)C(CCC3C2CC[C@]2(C)C(C(=O)Cn4cc(C(F)(F)F)cn4)CCC32)C1. The number of rotatable bonds is 3. The predicted octanol–water partition coefficient (Wildman–Crippen LogP) is 6.77. The lowest BCUT2D eigenvalue weighted by atomic mass is 9.44. The molecule has 1 heterocycles. The highest BCUT2D eigenvalue weighted by molar-refractivity contribution is 5.82. The van der Waals surface area contributed by atoms with Gasteiger partial charge in [-0.05, 0) is 91.8 Å². The fourth-order valence-corrected chi connectivity index (χ4v) is 8.87. The third-order valence-corrected chi connectivity index (χ3v) is 10.6. The van der Waals surface area contributed by atoms with Gasteiger partial charge in [0.1, 0.15) is 0 Å². The van der Waals surface area contributed by atoms with Crippen LogP contribution in [0, 0.1) is 46.3 Å². The maximum absolute atomic E-state index is 13.3. The maximum Gasteiger partial charge on any atom is 0.419 e. The highest BCUT2D eigenvalue weighted by Crippen LogP contribution is 2.67. The van der Waals surface area contributed by atoms with Crippen molar-refractivity contribution in [3.05, 3.63) is 18.0 Å². The molecule has 0 spiro atoms. The van der Waals surface area contributed by atoms with E-state index in [1.807, 2.05) is 0 Å². The third-order valence-electron chi connectivity index (χ3n) is 10.6. The van der Waals surface area contributed by atoms with E-state index in [1.165, 1.54) is 43.2 Å². The summed E-state index contributed by atoms with van der Waals surface area (Å²) in [5.41, 5.74) is -0.334. The molecule has 0 aromatic carbocycles. The topological polar surface area (TPSA) is 34.9 Å². The number of alkyl halides is 3. The predicted molar refractivity (Wildman–Crippen MR) is 117 cm³/mol. The molecular weight excluding hydrogens is 413 g/mol. The van der Waals surface area contributed by atoms with Gasteiger partial charge in [-0.3, -0.25) is 9.48 Å². The van der Waals surface area contributed by atoms with Crippen LogP contribution in [0.3, 0.4) is 0 Å². The summed E-state index contributed by atoms with van der Waals surface area (Å²) >= 11 is 0. The van der Waals surface area contributed by atoms with Gasteiger partial charge < -0.3 is 0 Å². The Hall–Kier alpha value is -1.33. The molecule has 0 bridgehead atoms. The molecule has 0 saturated heterocycles. The fraction of sp³-hybridized carbons (Fsp3) is 0.846. The zero-order valence-corrected chi connectivity index (χ0v) is 19.6. The smallest absolute Gasteiger partial charge is 0.297 e. The van der Waals surface area contributed by atoms with Crippen LogP contribution in [0.4, 0.5) is 13.2 Å². The molecule has 0 radical (unpaired) electrons. The second-order valence-corrected chi connectivity index (χ2v) is 12.1. The summed E-state index contributed by atoms with van der Waals surface area (Å²) in [5.74, 6) is 3.80. The number of hydrogen-bond acceptors (Lipinski definition) is 2. The largest absolute Gasteiger partial charge is 0.419 e. The molecule has 4 aliphatic carbocycles. The molecule has 1 aromatic heterocycles. The normalized spacial score (nSPS) is 43.9. The Morgan fingerprint density at radius 1 is 1.06 bits per heavy atom.